The van der Waals surface area contributed by atoms with Crippen LogP contribution in [0.25, 0.3) is 0 Å². The highest BCUT2D eigenvalue weighted by atomic mass is 16.5. The Hall–Kier alpha value is -3.72. The summed E-state index contributed by atoms with van der Waals surface area (Å²) in [5, 5.41) is 17.9. The van der Waals surface area contributed by atoms with Gasteiger partial charge in [-0.25, -0.2) is 4.79 Å². The van der Waals surface area contributed by atoms with E-state index < -0.39 is 41.9 Å². The summed E-state index contributed by atoms with van der Waals surface area (Å²) in [7, 11) is 0. The van der Waals surface area contributed by atoms with Crippen molar-refractivity contribution < 1.29 is 29.0 Å². The smallest absolute Gasteiger partial charge is 0.408 e. The topological polar surface area (TPSA) is 134 Å². The van der Waals surface area contributed by atoms with E-state index in [0.717, 1.165) is 5.56 Å². The largest absolute Gasteiger partial charge is 0.445 e. The lowest BCUT2D eigenvalue weighted by Crippen LogP contribution is -2.54. The minimum absolute atomic E-state index is 0.0502. The van der Waals surface area contributed by atoms with Gasteiger partial charge in [0.25, 0.3) is 5.91 Å². The van der Waals surface area contributed by atoms with E-state index in [9.17, 15) is 24.3 Å². The van der Waals surface area contributed by atoms with Crippen LogP contribution < -0.4 is 16.0 Å². The van der Waals surface area contributed by atoms with Crippen molar-refractivity contribution in [1.29, 1.82) is 0 Å². The van der Waals surface area contributed by atoms with Crippen molar-refractivity contribution in [3.63, 3.8) is 0 Å². The van der Waals surface area contributed by atoms with Crippen LogP contribution in [-0.2, 0) is 25.7 Å². The van der Waals surface area contributed by atoms with E-state index in [1.165, 1.54) is 0 Å². The molecule has 0 aromatic heterocycles. The lowest BCUT2D eigenvalue weighted by molar-refractivity contribution is -0.140. The second kappa shape index (κ2) is 15.4. The molecule has 2 aromatic carbocycles. The SMILES string of the molecule is CCC[C@H](NC(=O)[C@H](CC(C)C)NC(=O)OCc1ccccc1)C(=O)C(=O)NCC(O)c1ccccc1. The van der Waals surface area contributed by atoms with Crippen molar-refractivity contribution in [1.82, 2.24) is 16.0 Å². The third-order valence-electron chi connectivity index (χ3n) is 5.60. The van der Waals surface area contributed by atoms with E-state index >= 15 is 0 Å². The minimum atomic E-state index is -1.07. The molecule has 9 nitrogen and oxygen atoms in total. The molecule has 0 radical (unpaired) electrons. The average molecular weight is 512 g/mol. The van der Waals surface area contributed by atoms with E-state index in [4.69, 9.17) is 4.74 Å². The molecule has 0 saturated carbocycles. The maximum Gasteiger partial charge on any atom is 0.408 e. The summed E-state index contributed by atoms with van der Waals surface area (Å²) in [4.78, 5) is 50.7. The zero-order valence-electron chi connectivity index (χ0n) is 21.6. The van der Waals surface area contributed by atoms with Gasteiger partial charge in [0.05, 0.1) is 12.1 Å². The number of ketones is 1. The zero-order chi connectivity index (χ0) is 27.2. The average Bonchev–Trinajstić information content (AvgIpc) is 2.90. The van der Waals surface area contributed by atoms with Crippen LogP contribution in [0.4, 0.5) is 4.79 Å². The number of benzene rings is 2. The van der Waals surface area contributed by atoms with Crippen molar-refractivity contribution in [3.8, 4) is 0 Å². The highest BCUT2D eigenvalue weighted by Gasteiger charge is 2.30. The molecule has 0 spiro atoms. The number of nitrogens with one attached hydrogen (secondary N) is 3. The van der Waals surface area contributed by atoms with Gasteiger partial charge in [-0.15, -0.1) is 0 Å². The number of aliphatic hydroxyl groups excluding tert-OH is 1. The Morgan fingerprint density at radius 2 is 1.51 bits per heavy atom. The molecule has 2 aromatic rings. The first-order valence-electron chi connectivity index (χ1n) is 12.5. The first-order valence-corrected chi connectivity index (χ1v) is 12.5. The molecule has 0 aliphatic rings. The normalized spacial score (nSPS) is 13.2. The Kier molecular flexibility index (Phi) is 12.3. The third kappa shape index (κ3) is 10.4. The molecule has 4 N–H and O–H groups in total. The predicted molar refractivity (Wildman–Crippen MR) is 139 cm³/mol. The standard InChI is InChI=1S/C28H37N3O6/c1-4-11-22(25(33)27(35)29-17-24(32)21-14-9-6-10-15-21)30-26(34)23(16-19(2)3)31-28(36)37-18-20-12-7-5-8-13-20/h5-10,12-15,19,22-24,32H,4,11,16-18H2,1-3H3,(H,29,35)(H,30,34)(H,31,36)/t22-,23-,24?/m0/s1. The summed E-state index contributed by atoms with van der Waals surface area (Å²) in [6, 6.07) is 15.9. The molecule has 3 atom stereocenters. The van der Waals surface area contributed by atoms with Crippen LogP contribution in [0.15, 0.2) is 60.7 Å². The van der Waals surface area contributed by atoms with Crippen LogP contribution >= 0.6 is 0 Å². The number of ether oxygens (including phenoxy) is 1. The summed E-state index contributed by atoms with van der Waals surface area (Å²) in [6.07, 6.45) is -0.631. The molecule has 0 saturated heterocycles. The quantitative estimate of drug-likeness (QED) is 0.288. The van der Waals surface area contributed by atoms with Gasteiger partial charge < -0.3 is 25.8 Å². The van der Waals surface area contributed by atoms with E-state index in [-0.39, 0.29) is 25.5 Å². The highest BCUT2D eigenvalue weighted by Crippen LogP contribution is 2.11. The summed E-state index contributed by atoms with van der Waals surface area (Å²) in [6.45, 7) is 5.53. The second-order valence-corrected chi connectivity index (χ2v) is 9.24. The van der Waals surface area contributed by atoms with Gasteiger partial charge in [-0.2, -0.15) is 0 Å². The molecule has 0 bridgehead atoms. The van der Waals surface area contributed by atoms with E-state index in [0.29, 0.717) is 18.4 Å². The second-order valence-electron chi connectivity index (χ2n) is 9.24. The van der Waals surface area contributed by atoms with Crippen LogP contribution in [0.3, 0.4) is 0 Å². The summed E-state index contributed by atoms with van der Waals surface area (Å²) < 4.78 is 5.23. The zero-order valence-corrected chi connectivity index (χ0v) is 21.6. The Balaban J connectivity index is 1.96. The Labute approximate surface area is 218 Å². The fourth-order valence-corrected chi connectivity index (χ4v) is 3.67. The third-order valence-corrected chi connectivity index (χ3v) is 5.60. The summed E-state index contributed by atoms with van der Waals surface area (Å²) in [5.41, 5.74) is 1.41. The molecule has 37 heavy (non-hydrogen) atoms. The van der Waals surface area contributed by atoms with Crippen LogP contribution in [0.1, 0.15) is 57.3 Å². The monoisotopic (exact) mass is 511 g/mol. The molecule has 2 rings (SSSR count). The van der Waals surface area contributed by atoms with Gasteiger partial charge in [0, 0.05) is 6.54 Å². The first-order chi connectivity index (χ1) is 17.7. The fraction of sp³-hybridized carbons (Fsp3) is 0.429. The number of amides is 3. The van der Waals surface area contributed by atoms with Crippen molar-refractivity contribution in [3.05, 3.63) is 71.8 Å². The molecule has 1 unspecified atom stereocenters. The number of rotatable bonds is 14. The number of aliphatic hydroxyl groups is 1. The molecule has 200 valence electrons. The molecule has 0 aliphatic heterocycles. The van der Waals surface area contributed by atoms with Crippen LogP contribution in [0, 0.1) is 5.92 Å². The van der Waals surface area contributed by atoms with Crippen LogP contribution in [-0.4, -0.2) is 47.4 Å². The van der Waals surface area contributed by atoms with Crippen molar-refractivity contribution in [2.45, 2.75) is 64.8 Å². The van der Waals surface area contributed by atoms with E-state index in [1.54, 1.807) is 30.3 Å². The van der Waals surface area contributed by atoms with Crippen molar-refractivity contribution >= 4 is 23.7 Å². The number of alkyl carbamates (subject to hydrolysis) is 1. The Morgan fingerprint density at radius 1 is 0.892 bits per heavy atom. The molecular weight excluding hydrogens is 474 g/mol. The Morgan fingerprint density at radius 3 is 2.11 bits per heavy atom. The van der Waals surface area contributed by atoms with E-state index in [1.807, 2.05) is 51.1 Å². The molecular formula is C28H37N3O6. The van der Waals surface area contributed by atoms with Crippen LogP contribution in [0.2, 0.25) is 0 Å². The molecule has 0 fully saturated rings. The van der Waals surface area contributed by atoms with Gasteiger partial charge in [-0.3, -0.25) is 14.4 Å². The number of hydrogen-bond donors (Lipinski definition) is 4. The van der Waals surface area contributed by atoms with Crippen LogP contribution in [0.5, 0.6) is 0 Å². The molecule has 0 heterocycles. The van der Waals surface area contributed by atoms with Crippen molar-refractivity contribution in [2.24, 2.45) is 5.92 Å². The van der Waals surface area contributed by atoms with Gasteiger partial charge in [-0.05, 0) is 29.9 Å². The van der Waals surface area contributed by atoms with Gasteiger partial charge in [0.15, 0.2) is 0 Å². The number of hydrogen-bond acceptors (Lipinski definition) is 6. The van der Waals surface area contributed by atoms with E-state index in [2.05, 4.69) is 16.0 Å². The number of carbonyl (C=O) groups is 4. The first kappa shape index (κ1) is 29.5. The Bertz CT molecular complexity index is 1010. The molecule has 0 aliphatic carbocycles. The number of Topliss-reactive ketones (excluding diaryl/α,β-unsaturated/α-hetero) is 1. The summed E-state index contributed by atoms with van der Waals surface area (Å²) >= 11 is 0. The van der Waals surface area contributed by atoms with Gasteiger partial charge >= 0.3 is 6.09 Å². The highest BCUT2D eigenvalue weighted by molar-refractivity contribution is 6.38. The number of carbonyl (C=O) groups excluding carboxylic acids is 4. The van der Waals surface area contributed by atoms with Crippen molar-refractivity contribution in [2.75, 3.05) is 6.54 Å². The van der Waals surface area contributed by atoms with Gasteiger partial charge in [0.1, 0.15) is 12.6 Å². The maximum absolute atomic E-state index is 13.0. The minimum Gasteiger partial charge on any atom is -0.445 e. The van der Waals surface area contributed by atoms with Gasteiger partial charge in [-0.1, -0.05) is 87.9 Å². The fourth-order valence-electron chi connectivity index (χ4n) is 3.67. The summed E-state index contributed by atoms with van der Waals surface area (Å²) in [5.74, 6) is -2.22. The van der Waals surface area contributed by atoms with Gasteiger partial charge in [0.2, 0.25) is 11.7 Å². The lowest BCUT2D eigenvalue weighted by atomic mass is 10.0. The lowest BCUT2D eigenvalue weighted by Gasteiger charge is -2.23. The molecule has 3 amide bonds. The molecule has 9 heteroatoms. The predicted octanol–water partition coefficient (Wildman–Crippen LogP) is 3.03. The maximum atomic E-state index is 13.0.